The molecule has 28 heavy (non-hydrogen) atoms. The Morgan fingerprint density at radius 2 is 1.93 bits per heavy atom. The third-order valence-corrected chi connectivity index (χ3v) is 4.41. The maximum absolute atomic E-state index is 12.8. The van der Waals surface area contributed by atoms with E-state index in [4.69, 9.17) is 17.2 Å². The Bertz CT molecular complexity index is 850. The van der Waals surface area contributed by atoms with Gasteiger partial charge in [0.25, 0.3) is 0 Å². The van der Waals surface area contributed by atoms with Crippen LogP contribution >= 0.6 is 0 Å². The molecule has 1 atom stereocenters. The molecule has 0 aromatic carbocycles. The topological polar surface area (TPSA) is 176 Å². The van der Waals surface area contributed by atoms with Crippen LogP contribution in [0.1, 0.15) is 19.8 Å². The third-order valence-electron chi connectivity index (χ3n) is 4.41. The highest BCUT2D eigenvalue weighted by Gasteiger charge is 2.26. The van der Waals surface area contributed by atoms with Gasteiger partial charge in [-0.1, -0.05) is 0 Å². The van der Waals surface area contributed by atoms with Gasteiger partial charge in [-0.2, -0.15) is 0 Å². The van der Waals surface area contributed by atoms with Gasteiger partial charge in [0, 0.05) is 13.1 Å². The zero-order valence-corrected chi connectivity index (χ0v) is 15.9. The number of hydrogen-bond acceptors (Lipinski definition) is 9. The molecule has 0 aliphatic carbocycles. The minimum absolute atomic E-state index is 0.0895. The fourth-order valence-electron chi connectivity index (χ4n) is 2.92. The first kappa shape index (κ1) is 21.4. The number of carbonyl (C=O) groups is 3. The van der Waals surface area contributed by atoms with Gasteiger partial charge in [-0.25, -0.2) is 15.0 Å². The summed E-state index contributed by atoms with van der Waals surface area (Å²) in [5.74, 6) is -1.43. The van der Waals surface area contributed by atoms with Gasteiger partial charge < -0.3 is 26.7 Å². The normalized spacial score (nSPS) is 12.1. The molecule has 2 aromatic rings. The van der Waals surface area contributed by atoms with Crippen LogP contribution in [0.25, 0.3) is 11.2 Å². The lowest BCUT2D eigenvalue weighted by Gasteiger charge is -2.23. The number of fused-ring (bicyclic) bond motifs is 1. The van der Waals surface area contributed by atoms with E-state index < -0.39 is 5.92 Å². The molecule has 0 aliphatic rings. The van der Waals surface area contributed by atoms with E-state index in [-0.39, 0.29) is 49.5 Å². The lowest BCUT2D eigenvalue weighted by atomic mass is 9.94. The molecule has 2 rings (SSSR count). The average molecular weight is 390 g/mol. The van der Waals surface area contributed by atoms with Crippen molar-refractivity contribution in [1.29, 1.82) is 0 Å². The number of rotatable bonds is 11. The lowest BCUT2D eigenvalue weighted by Crippen LogP contribution is -2.43. The monoisotopic (exact) mass is 390 g/mol. The Kier molecular flexibility index (Phi) is 7.52. The molecule has 0 fully saturated rings. The third kappa shape index (κ3) is 5.08. The maximum atomic E-state index is 12.8. The van der Waals surface area contributed by atoms with E-state index in [1.54, 1.807) is 0 Å². The minimum atomic E-state index is -0.766. The Labute approximate surface area is 162 Å². The number of nitrogen functional groups attached to an aromatic ring is 1. The fourth-order valence-corrected chi connectivity index (χ4v) is 2.92. The van der Waals surface area contributed by atoms with Crippen molar-refractivity contribution >= 4 is 34.5 Å². The Hall–Kier alpha value is -2.92. The number of anilines is 1. The van der Waals surface area contributed by atoms with E-state index in [2.05, 4.69) is 15.0 Å². The Balaban J connectivity index is 2.13. The van der Waals surface area contributed by atoms with Crippen LogP contribution in [0.15, 0.2) is 12.7 Å². The quantitative estimate of drug-likeness (QED) is 0.394. The highest BCUT2D eigenvalue weighted by Crippen LogP contribution is 2.15. The highest BCUT2D eigenvalue weighted by molar-refractivity contribution is 6.03. The van der Waals surface area contributed by atoms with E-state index in [0.717, 1.165) is 0 Å². The van der Waals surface area contributed by atoms with E-state index >= 15 is 0 Å². The van der Waals surface area contributed by atoms with E-state index in [1.165, 1.54) is 29.0 Å². The summed E-state index contributed by atoms with van der Waals surface area (Å²) >= 11 is 0. The SMILES string of the molecule is CC(=O)C(CCCN)C(=O)CN(CCN)C(=O)Cn1cnc2c(N)ncnc21. The van der Waals surface area contributed by atoms with Gasteiger partial charge in [-0.05, 0) is 26.3 Å². The molecular weight excluding hydrogens is 364 g/mol. The second-order valence-electron chi connectivity index (χ2n) is 6.47. The molecule has 1 amide bonds. The van der Waals surface area contributed by atoms with Gasteiger partial charge in [0.1, 0.15) is 24.2 Å². The summed E-state index contributed by atoms with van der Waals surface area (Å²) < 4.78 is 1.53. The van der Waals surface area contributed by atoms with Crippen LogP contribution in [-0.4, -0.2) is 68.1 Å². The fraction of sp³-hybridized carbons (Fsp3) is 0.529. The summed E-state index contributed by atoms with van der Waals surface area (Å²) in [6.45, 7) is 1.86. The number of carbonyl (C=O) groups excluding carboxylic acids is 3. The zero-order chi connectivity index (χ0) is 20.7. The van der Waals surface area contributed by atoms with Crippen molar-refractivity contribution in [2.24, 2.45) is 17.4 Å². The van der Waals surface area contributed by atoms with Crippen molar-refractivity contribution in [2.45, 2.75) is 26.3 Å². The largest absolute Gasteiger partial charge is 0.382 e. The van der Waals surface area contributed by atoms with Crippen LogP contribution in [0, 0.1) is 5.92 Å². The van der Waals surface area contributed by atoms with Crippen molar-refractivity contribution in [1.82, 2.24) is 24.4 Å². The number of aromatic nitrogens is 4. The number of hydrogen-bond donors (Lipinski definition) is 3. The molecule has 0 saturated heterocycles. The van der Waals surface area contributed by atoms with Crippen molar-refractivity contribution in [3.8, 4) is 0 Å². The molecule has 11 heteroatoms. The standard InChI is InChI=1S/C17H26N8O3/c1-11(26)12(3-2-4-18)13(27)7-24(6-5-19)14(28)8-25-10-23-15-16(20)21-9-22-17(15)25/h9-10,12H,2-8,18-19H2,1H3,(H2,20,21,22). The molecule has 1 unspecified atom stereocenters. The molecule has 11 nitrogen and oxygen atoms in total. The van der Waals surface area contributed by atoms with Crippen molar-refractivity contribution < 1.29 is 14.4 Å². The predicted octanol–water partition coefficient (Wildman–Crippen LogP) is -1.29. The molecule has 2 aromatic heterocycles. The van der Waals surface area contributed by atoms with Crippen molar-refractivity contribution in [2.75, 3.05) is 31.9 Å². The molecule has 152 valence electrons. The first-order valence-corrected chi connectivity index (χ1v) is 9.01. The number of nitrogens with two attached hydrogens (primary N) is 3. The van der Waals surface area contributed by atoms with Gasteiger partial charge >= 0.3 is 0 Å². The summed E-state index contributed by atoms with van der Waals surface area (Å²) in [6, 6.07) is 0. The first-order chi connectivity index (χ1) is 13.4. The number of nitrogens with zero attached hydrogens (tertiary/aromatic N) is 5. The summed E-state index contributed by atoms with van der Waals surface area (Å²) in [5.41, 5.74) is 17.6. The molecule has 0 radical (unpaired) electrons. The van der Waals surface area contributed by atoms with Gasteiger partial charge in [0.15, 0.2) is 17.2 Å². The van der Waals surface area contributed by atoms with Crippen molar-refractivity contribution in [3.05, 3.63) is 12.7 Å². The van der Waals surface area contributed by atoms with Gasteiger partial charge in [0.05, 0.1) is 18.8 Å². The molecule has 2 heterocycles. The first-order valence-electron chi connectivity index (χ1n) is 9.01. The van der Waals surface area contributed by atoms with Gasteiger partial charge in [0.2, 0.25) is 5.91 Å². The maximum Gasteiger partial charge on any atom is 0.243 e. The van der Waals surface area contributed by atoms with Gasteiger partial charge in [-0.3, -0.25) is 14.4 Å². The Morgan fingerprint density at radius 1 is 1.18 bits per heavy atom. The second-order valence-corrected chi connectivity index (χ2v) is 6.47. The van der Waals surface area contributed by atoms with Crippen molar-refractivity contribution in [3.63, 3.8) is 0 Å². The number of ketones is 2. The van der Waals surface area contributed by atoms with Crippen LogP contribution in [0.4, 0.5) is 5.82 Å². The molecule has 6 N–H and O–H groups in total. The lowest BCUT2D eigenvalue weighted by molar-refractivity contribution is -0.139. The van der Waals surface area contributed by atoms with E-state index in [0.29, 0.717) is 30.6 Å². The highest BCUT2D eigenvalue weighted by atomic mass is 16.2. The van der Waals surface area contributed by atoms with Crippen LogP contribution in [0.3, 0.4) is 0 Å². The minimum Gasteiger partial charge on any atom is -0.382 e. The van der Waals surface area contributed by atoms with Crippen LogP contribution in [0.2, 0.25) is 0 Å². The smallest absolute Gasteiger partial charge is 0.243 e. The summed E-state index contributed by atoms with van der Waals surface area (Å²) in [5, 5.41) is 0. The zero-order valence-electron chi connectivity index (χ0n) is 15.9. The van der Waals surface area contributed by atoms with Crippen LogP contribution in [-0.2, 0) is 20.9 Å². The summed E-state index contributed by atoms with van der Waals surface area (Å²) in [7, 11) is 0. The molecule has 0 saturated carbocycles. The van der Waals surface area contributed by atoms with E-state index in [1.807, 2.05) is 0 Å². The van der Waals surface area contributed by atoms with E-state index in [9.17, 15) is 14.4 Å². The number of imidazole rings is 1. The molecular formula is C17H26N8O3. The second kappa shape index (κ2) is 9.85. The molecule has 0 bridgehead atoms. The molecule has 0 aliphatic heterocycles. The Morgan fingerprint density at radius 3 is 2.57 bits per heavy atom. The predicted molar refractivity (Wildman–Crippen MR) is 103 cm³/mol. The number of Topliss-reactive ketones (excluding diaryl/α,β-unsaturated/α-hetero) is 2. The number of amides is 1. The molecule has 0 spiro atoms. The average Bonchev–Trinajstić information content (AvgIpc) is 3.05. The van der Waals surface area contributed by atoms with Crippen LogP contribution < -0.4 is 17.2 Å². The summed E-state index contributed by atoms with van der Waals surface area (Å²) in [4.78, 5) is 50.6. The summed E-state index contributed by atoms with van der Waals surface area (Å²) in [6.07, 6.45) is 3.66. The van der Waals surface area contributed by atoms with Crippen LogP contribution in [0.5, 0.6) is 0 Å². The van der Waals surface area contributed by atoms with Gasteiger partial charge in [-0.15, -0.1) is 0 Å².